The minimum atomic E-state index is -0.711. The second-order valence-corrected chi connectivity index (χ2v) is 8.02. The van der Waals surface area contributed by atoms with Gasteiger partial charge in [0.2, 0.25) is 0 Å². The average molecular weight is 281 g/mol. The molecule has 0 bridgehead atoms. The Morgan fingerprint density at radius 3 is 2.26 bits per heavy atom. The Morgan fingerprint density at radius 2 is 1.79 bits per heavy atom. The molecule has 19 heavy (non-hydrogen) atoms. The Kier molecular flexibility index (Phi) is 6.21. The third-order valence-corrected chi connectivity index (χ3v) is 4.81. The lowest BCUT2D eigenvalue weighted by Gasteiger charge is -2.19. The fourth-order valence-electron chi connectivity index (χ4n) is 1.83. The van der Waals surface area contributed by atoms with Crippen molar-refractivity contribution in [2.45, 2.75) is 51.3 Å². The Labute approximate surface area is 120 Å². The highest BCUT2D eigenvalue weighted by Crippen LogP contribution is 2.22. The van der Waals surface area contributed by atoms with Gasteiger partial charge in [0.15, 0.2) is 0 Å². The quantitative estimate of drug-likeness (QED) is 0.811. The monoisotopic (exact) mass is 281 g/mol. The Morgan fingerprint density at radius 1 is 1.21 bits per heavy atom. The predicted octanol–water partition coefficient (Wildman–Crippen LogP) is 3.23. The van der Waals surface area contributed by atoms with E-state index in [9.17, 15) is 4.21 Å². The lowest BCUT2D eigenvalue weighted by molar-refractivity contribution is 0.589. The lowest BCUT2D eigenvalue weighted by atomic mass is 9.87. The summed E-state index contributed by atoms with van der Waals surface area (Å²) in [6, 6.07) is 8.80. The van der Waals surface area contributed by atoms with E-state index in [1.54, 1.807) is 6.26 Å². The number of rotatable bonds is 6. The minimum absolute atomic E-state index is 0.215. The van der Waals surface area contributed by atoms with Crippen LogP contribution in [0.1, 0.15) is 45.2 Å². The third-order valence-electron chi connectivity index (χ3n) is 3.44. The fourth-order valence-corrected chi connectivity index (χ4v) is 2.28. The Bertz CT molecular complexity index is 406. The molecule has 0 aromatic heterocycles. The van der Waals surface area contributed by atoms with Crippen molar-refractivity contribution >= 4 is 10.8 Å². The summed E-state index contributed by atoms with van der Waals surface area (Å²) in [5.41, 5.74) is 2.89. The van der Waals surface area contributed by atoms with Crippen LogP contribution < -0.4 is 5.32 Å². The van der Waals surface area contributed by atoms with Crippen LogP contribution in [0.25, 0.3) is 0 Å². The molecular weight excluding hydrogens is 254 g/mol. The molecule has 0 aliphatic heterocycles. The number of nitrogens with one attached hydrogen (secondary N) is 1. The zero-order valence-electron chi connectivity index (χ0n) is 12.8. The molecule has 0 saturated carbocycles. The summed E-state index contributed by atoms with van der Waals surface area (Å²) in [6.07, 6.45) is 2.74. The van der Waals surface area contributed by atoms with E-state index in [-0.39, 0.29) is 10.7 Å². The van der Waals surface area contributed by atoms with Gasteiger partial charge in [0, 0.05) is 28.9 Å². The van der Waals surface area contributed by atoms with E-state index >= 15 is 0 Å². The van der Waals surface area contributed by atoms with Crippen LogP contribution in [-0.4, -0.2) is 22.3 Å². The van der Waals surface area contributed by atoms with Crippen LogP contribution in [0.4, 0.5) is 0 Å². The van der Waals surface area contributed by atoms with E-state index in [0.717, 1.165) is 19.5 Å². The zero-order chi connectivity index (χ0) is 14.5. The SMILES string of the molecule is CC(CCNCc1ccc(C(C)(C)C)cc1)S(C)=O. The van der Waals surface area contributed by atoms with Gasteiger partial charge in [0.1, 0.15) is 0 Å². The standard InChI is InChI=1S/C16H27NOS/c1-13(19(5)18)10-11-17-12-14-6-8-15(9-7-14)16(2,3)4/h6-9,13,17H,10-12H2,1-5H3. The highest BCUT2D eigenvalue weighted by atomic mass is 32.2. The summed E-state index contributed by atoms with van der Waals surface area (Å²) in [5, 5.41) is 3.69. The maximum absolute atomic E-state index is 11.2. The van der Waals surface area contributed by atoms with Crippen molar-refractivity contribution in [3.63, 3.8) is 0 Å². The number of benzene rings is 1. The van der Waals surface area contributed by atoms with Gasteiger partial charge in [0.25, 0.3) is 0 Å². The average Bonchev–Trinajstić information content (AvgIpc) is 2.33. The van der Waals surface area contributed by atoms with Gasteiger partial charge >= 0.3 is 0 Å². The zero-order valence-corrected chi connectivity index (χ0v) is 13.6. The van der Waals surface area contributed by atoms with E-state index in [4.69, 9.17) is 0 Å². The van der Waals surface area contributed by atoms with E-state index in [0.29, 0.717) is 0 Å². The summed E-state index contributed by atoms with van der Waals surface area (Å²) in [5.74, 6) is 0. The van der Waals surface area contributed by atoms with Crippen molar-refractivity contribution in [1.29, 1.82) is 0 Å². The van der Waals surface area contributed by atoms with Crippen molar-refractivity contribution < 1.29 is 4.21 Å². The molecule has 0 amide bonds. The molecule has 0 spiro atoms. The molecule has 0 aliphatic rings. The summed E-state index contributed by atoms with van der Waals surface area (Å²) in [6.45, 7) is 10.5. The molecule has 2 atom stereocenters. The van der Waals surface area contributed by atoms with Crippen LogP contribution in [0.5, 0.6) is 0 Å². The smallest absolute Gasteiger partial charge is 0.0329 e. The molecule has 1 N–H and O–H groups in total. The molecule has 3 heteroatoms. The van der Waals surface area contributed by atoms with Crippen LogP contribution in [0.2, 0.25) is 0 Å². The molecule has 1 rings (SSSR count). The second-order valence-electron chi connectivity index (χ2n) is 6.22. The molecule has 2 nitrogen and oxygen atoms in total. The first-order valence-corrected chi connectivity index (χ1v) is 8.55. The number of hydrogen-bond donors (Lipinski definition) is 1. The normalized spacial score (nSPS) is 15.2. The molecule has 0 aliphatic carbocycles. The Balaban J connectivity index is 2.37. The van der Waals surface area contributed by atoms with Crippen molar-refractivity contribution in [1.82, 2.24) is 5.32 Å². The van der Waals surface area contributed by atoms with Crippen LogP contribution in [0, 0.1) is 0 Å². The van der Waals surface area contributed by atoms with Crippen LogP contribution >= 0.6 is 0 Å². The van der Waals surface area contributed by atoms with Gasteiger partial charge < -0.3 is 5.32 Å². The molecular formula is C16H27NOS. The molecule has 0 saturated heterocycles. The maximum Gasteiger partial charge on any atom is 0.0329 e. The molecule has 0 heterocycles. The molecule has 0 radical (unpaired) electrons. The topological polar surface area (TPSA) is 29.1 Å². The first kappa shape index (κ1) is 16.4. The van der Waals surface area contributed by atoms with E-state index in [2.05, 4.69) is 50.4 Å². The Hall–Kier alpha value is -0.670. The van der Waals surface area contributed by atoms with Crippen LogP contribution in [0.15, 0.2) is 24.3 Å². The second kappa shape index (κ2) is 7.20. The summed E-state index contributed by atoms with van der Waals surface area (Å²) in [7, 11) is -0.711. The van der Waals surface area contributed by atoms with E-state index in [1.807, 2.05) is 6.92 Å². The molecule has 2 unspecified atom stereocenters. The predicted molar refractivity (Wildman–Crippen MR) is 85.0 cm³/mol. The summed E-state index contributed by atoms with van der Waals surface area (Å²) >= 11 is 0. The first-order valence-electron chi connectivity index (χ1n) is 6.93. The molecule has 1 aromatic rings. The van der Waals surface area contributed by atoms with E-state index in [1.165, 1.54) is 11.1 Å². The van der Waals surface area contributed by atoms with Gasteiger partial charge in [-0.25, -0.2) is 0 Å². The van der Waals surface area contributed by atoms with Crippen LogP contribution in [-0.2, 0) is 22.8 Å². The van der Waals surface area contributed by atoms with Gasteiger partial charge in [-0.1, -0.05) is 52.0 Å². The lowest BCUT2D eigenvalue weighted by Crippen LogP contribution is -2.21. The fraction of sp³-hybridized carbons (Fsp3) is 0.625. The largest absolute Gasteiger partial charge is 0.313 e. The number of hydrogen-bond acceptors (Lipinski definition) is 2. The summed E-state index contributed by atoms with van der Waals surface area (Å²) < 4.78 is 11.2. The highest BCUT2D eigenvalue weighted by Gasteiger charge is 2.12. The molecule has 1 aromatic carbocycles. The van der Waals surface area contributed by atoms with Gasteiger partial charge in [-0.2, -0.15) is 0 Å². The van der Waals surface area contributed by atoms with E-state index < -0.39 is 10.8 Å². The minimum Gasteiger partial charge on any atom is -0.313 e. The molecule has 108 valence electrons. The van der Waals surface area contributed by atoms with Crippen molar-refractivity contribution in [3.8, 4) is 0 Å². The van der Waals surface area contributed by atoms with Crippen molar-refractivity contribution in [2.24, 2.45) is 0 Å². The highest BCUT2D eigenvalue weighted by molar-refractivity contribution is 7.84. The first-order chi connectivity index (χ1) is 8.80. The van der Waals surface area contributed by atoms with Gasteiger partial charge in [0.05, 0.1) is 0 Å². The third kappa shape index (κ3) is 5.87. The van der Waals surface area contributed by atoms with Gasteiger partial charge in [-0.05, 0) is 29.5 Å². The molecule has 0 fully saturated rings. The summed E-state index contributed by atoms with van der Waals surface area (Å²) in [4.78, 5) is 0. The van der Waals surface area contributed by atoms with Crippen molar-refractivity contribution in [2.75, 3.05) is 12.8 Å². The van der Waals surface area contributed by atoms with Gasteiger partial charge in [-0.3, -0.25) is 4.21 Å². The van der Waals surface area contributed by atoms with Gasteiger partial charge in [-0.15, -0.1) is 0 Å². The van der Waals surface area contributed by atoms with Crippen molar-refractivity contribution in [3.05, 3.63) is 35.4 Å². The van der Waals surface area contributed by atoms with Crippen LogP contribution in [0.3, 0.4) is 0 Å². The maximum atomic E-state index is 11.2.